The van der Waals surface area contributed by atoms with Crippen LogP contribution in [0.4, 0.5) is 11.4 Å². The van der Waals surface area contributed by atoms with E-state index in [1.165, 1.54) is 12.1 Å². The summed E-state index contributed by atoms with van der Waals surface area (Å²) in [6.07, 6.45) is 0.637. The third-order valence-electron chi connectivity index (χ3n) is 1.33. The van der Waals surface area contributed by atoms with E-state index in [0.29, 0.717) is 28.2 Å². The molecule has 4 N–H and O–H groups in total. The lowest BCUT2D eigenvalue weighted by Gasteiger charge is -2.01. The Labute approximate surface area is 68.9 Å². The zero-order valence-corrected chi connectivity index (χ0v) is 6.43. The molecule has 0 heterocycles. The summed E-state index contributed by atoms with van der Waals surface area (Å²) in [4.78, 5) is 10.3. The number of nitrogens with two attached hydrogens (primary N) is 2. The highest BCUT2D eigenvalue weighted by molar-refractivity contribution is 6.33. The molecular formula is C7H7ClN2O. The fraction of sp³-hybridized carbons (Fsp3) is 0. The summed E-state index contributed by atoms with van der Waals surface area (Å²) in [5, 5.41) is 0.326. The summed E-state index contributed by atoms with van der Waals surface area (Å²) in [6.45, 7) is 0. The number of hydrogen-bond acceptors (Lipinski definition) is 3. The minimum Gasteiger partial charge on any atom is -0.397 e. The van der Waals surface area contributed by atoms with Gasteiger partial charge in [-0.1, -0.05) is 11.6 Å². The van der Waals surface area contributed by atoms with E-state index in [-0.39, 0.29) is 0 Å². The van der Waals surface area contributed by atoms with E-state index in [1.807, 2.05) is 0 Å². The van der Waals surface area contributed by atoms with Crippen molar-refractivity contribution in [2.75, 3.05) is 11.5 Å². The van der Waals surface area contributed by atoms with E-state index in [4.69, 9.17) is 23.1 Å². The fourth-order valence-electron chi connectivity index (χ4n) is 0.713. The Morgan fingerprint density at radius 1 is 1.27 bits per heavy atom. The molecule has 4 heteroatoms. The van der Waals surface area contributed by atoms with Crippen molar-refractivity contribution in [2.24, 2.45) is 0 Å². The van der Waals surface area contributed by atoms with Gasteiger partial charge < -0.3 is 11.5 Å². The van der Waals surface area contributed by atoms with Crippen LogP contribution in [0, 0.1) is 0 Å². The van der Waals surface area contributed by atoms with Gasteiger partial charge in [-0.25, -0.2) is 0 Å². The number of nitrogen functional groups attached to an aromatic ring is 2. The Morgan fingerprint density at radius 3 is 2.36 bits per heavy atom. The molecule has 0 radical (unpaired) electrons. The molecule has 1 rings (SSSR count). The molecule has 0 bridgehead atoms. The van der Waals surface area contributed by atoms with Crippen molar-refractivity contribution >= 4 is 29.3 Å². The molecule has 1 aromatic rings. The SMILES string of the molecule is Nc1cc(Cl)c(C=O)cc1N. The van der Waals surface area contributed by atoms with Gasteiger partial charge in [0.1, 0.15) is 0 Å². The number of anilines is 2. The lowest BCUT2D eigenvalue weighted by Crippen LogP contribution is -1.96. The van der Waals surface area contributed by atoms with Gasteiger partial charge in [0, 0.05) is 5.56 Å². The molecule has 0 aromatic heterocycles. The summed E-state index contributed by atoms with van der Waals surface area (Å²) in [5.41, 5.74) is 12.0. The van der Waals surface area contributed by atoms with Crippen LogP contribution in [0.25, 0.3) is 0 Å². The summed E-state index contributed by atoms with van der Waals surface area (Å²) in [5.74, 6) is 0. The van der Waals surface area contributed by atoms with E-state index in [2.05, 4.69) is 0 Å². The molecule has 0 atom stereocenters. The van der Waals surface area contributed by atoms with E-state index >= 15 is 0 Å². The van der Waals surface area contributed by atoms with Crippen molar-refractivity contribution in [2.45, 2.75) is 0 Å². The van der Waals surface area contributed by atoms with Gasteiger partial charge >= 0.3 is 0 Å². The Balaban J connectivity index is 3.31. The number of rotatable bonds is 1. The highest BCUT2D eigenvalue weighted by Crippen LogP contribution is 2.23. The highest BCUT2D eigenvalue weighted by atomic mass is 35.5. The van der Waals surface area contributed by atoms with Crippen LogP contribution in [0.5, 0.6) is 0 Å². The summed E-state index contributed by atoms with van der Waals surface area (Å²) >= 11 is 5.63. The molecule has 58 valence electrons. The van der Waals surface area contributed by atoms with Crippen LogP contribution in [0.1, 0.15) is 10.4 Å². The second-order valence-corrected chi connectivity index (χ2v) is 2.53. The van der Waals surface area contributed by atoms with E-state index in [0.717, 1.165) is 0 Å². The van der Waals surface area contributed by atoms with Crippen LogP contribution in [0.3, 0.4) is 0 Å². The minimum atomic E-state index is 0.326. The standard InChI is InChI=1S/C7H7ClN2O/c8-5-2-7(10)6(9)1-4(5)3-11/h1-3H,9-10H2. The maximum atomic E-state index is 10.3. The molecular weight excluding hydrogens is 164 g/mol. The van der Waals surface area contributed by atoms with Crippen molar-refractivity contribution in [3.05, 3.63) is 22.7 Å². The summed E-state index contributed by atoms with van der Waals surface area (Å²) in [6, 6.07) is 2.91. The number of halogens is 1. The first-order valence-electron chi connectivity index (χ1n) is 2.95. The second-order valence-electron chi connectivity index (χ2n) is 2.12. The van der Waals surface area contributed by atoms with Gasteiger partial charge in [-0.15, -0.1) is 0 Å². The van der Waals surface area contributed by atoms with E-state index < -0.39 is 0 Å². The second kappa shape index (κ2) is 2.80. The van der Waals surface area contributed by atoms with Crippen LogP contribution in [0.2, 0.25) is 5.02 Å². The van der Waals surface area contributed by atoms with E-state index in [1.54, 1.807) is 0 Å². The molecule has 0 aliphatic heterocycles. The molecule has 0 aliphatic rings. The third kappa shape index (κ3) is 1.43. The molecule has 0 unspecified atom stereocenters. The Morgan fingerprint density at radius 2 is 1.82 bits per heavy atom. The number of aldehydes is 1. The molecule has 0 saturated heterocycles. The number of hydrogen-bond donors (Lipinski definition) is 2. The normalized spacial score (nSPS) is 9.55. The summed E-state index contributed by atoms with van der Waals surface area (Å²) < 4.78 is 0. The van der Waals surface area contributed by atoms with Crippen LogP contribution in [-0.4, -0.2) is 6.29 Å². The fourth-order valence-corrected chi connectivity index (χ4v) is 0.930. The van der Waals surface area contributed by atoms with E-state index in [9.17, 15) is 4.79 Å². The van der Waals surface area contributed by atoms with Crippen molar-refractivity contribution in [3.63, 3.8) is 0 Å². The molecule has 0 spiro atoms. The molecule has 0 saturated carbocycles. The first-order chi connectivity index (χ1) is 5.15. The average molecular weight is 171 g/mol. The van der Waals surface area contributed by atoms with Crippen molar-refractivity contribution < 1.29 is 4.79 Å². The van der Waals surface area contributed by atoms with Gasteiger partial charge in [-0.3, -0.25) is 4.79 Å². The minimum absolute atomic E-state index is 0.326. The summed E-state index contributed by atoms with van der Waals surface area (Å²) in [7, 11) is 0. The van der Waals surface area contributed by atoms with Crippen LogP contribution < -0.4 is 11.5 Å². The first kappa shape index (κ1) is 7.88. The van der Waals surface area contributed by atoms with Gasteiger partial charge in [0.2, 0.25) is 0 Å². The van der Waals surface area contributed by atoms with Gasteiger partial charge in [0.05, 0.1) is 16.4 Å². The number of carbonyl (C=O) groups is 1. The first-order valence-corrected chi connectivity index (χ1v) is 3.32. The van der Waals surface area contributed by atoms with Crippen molar-refractivity contribution in [1.82, 2.24) is 0 Å². The van der Waals surface area contributed by atoms with Gasteiger partial charge in [0.25, 0.3) is 0 Å². The molecule has 1 aromatic carbocycles. The largest absolute Gasteiger partial charge is 0.397 e. The maximum Gasteiger partial charge on any atom is 0.151 e. The Hall–Kier alpha value is -1.22. The smallest absolute Gasteiger partial charge is 0.151 e. The van der Waals surface area contributed by atoms with Gasteiger partial charge in [-0.05, 0) is 12.1 Å². The lowest BCUT2D eigenvalue weighted by atomic mass is 10.2. The average Bonchev–Trinajstić information content (AvgIpc) is 1.97. The monoisotopic (exact) mass is 170 g/mol. The van der Waals surface area contributed by atoms with Crippen molar-refractivity contribution in [3.8, 4) is 0 Å². The zero-order chi connectivity index (χ0) is 8.43. The lowest BCUT2D eigenvalue weighted by molar-refractivity contribution is 0.112. The van der Waals surface area contributed by atoms with Crippen LogP contribution >= 0.6 is 11.6 Å². The number of carbonyl (C=O) groups excluding carboxylic acids is 1. The predicted molar refractivity (Wildman–Crippen MR) is 45.7 cm³/mol. The topological polar surface area (TPSA) is 69.1 Å². The molecule has 0 aliphatic carbocycles. The van der Waals surface area contributed by atoms with Crippen molar-refractivity contribution in [1.29, 1.82) is 0 Å². The molecule has 11 heavy (non-hydrogen) atoms. The Bertz CT molecular complexity index is 299. The Kier molecular flexibility index (Phi) is 2.01. The maximum absolute atomic E-state index is 10.3. The molecule has 0 amide bonds. The highest BCUT2D eigenvalue weighted by Gasteiger charge is 2.02. The quantitative estimate of drug-likeness (QED) is 0.493. The molecule has 3 nitrogen and oxygen atoms in total. The third-order valence-corrected chi connectivity index (χ3v) is 1.66. The zero-order valence-electron chi connectivity index (χ0n) is 5.67. The number of benzene rings is 1. The van der Waals surface area contributed by atoms with Gasteiger partial charge in [0.15, 0.2) is 6.29 Å². The van der Waals surface area contributed by atoms with Gasteiger partial charge in [-0.2, -0.15) is 0 Å². The van der Waals surface area contributed by atoms with Crippen LogP contribution in [-0.2, 0) is 0 Å². The molecule has 0 fully saturated rings. The predicted octanol–water partition coefficient (Wildman–Crippen LogP) is 1.32. The van der Waals surface area contributed by atoms with Crippen LogP contribution in [0.15, 0.2) is 12.1 Å².